The van der Waals surface area contributed by atoms with Gasteiger partial charge in [0.1, 0.15) is 11.3 Å². The molecular weight excluding hydrogens is 478 g/mol. The van der Waals surface area contributed by atoms with Crippen LogP contribution >= 0.6 is 0 Å². The lowest BCUT2D eigenvalue weighted by Gasteiger charge is -2.54. The summed E-state index contributed by atoms with van der Waals surface area (Å²) in [6.45, 7) is 5.16. The zero-order chi connectivity index (χ0) is 26.4. The van der Waals surface area contributed by atoms with Gasteiger partial charge in [0.15, 0.2) is 0 Å². The van der Waals surface area contributed by atoms with E-state index in [0.29, 0.717) is 0 Å². The summed E-state index contributed by atoms with van der Waals surface area (Å²) in [5.74, 6) is 0.860. The number of hydrogen-bond donors (Lipinski definition) is 0. The lowest BCUT2D eigenvalue weighted by Crippen LogP contribution is -2.59. The van der Waals surface area contributed by atoms with E-state index >= 15 is 0 Å². The number of hydrogen-bond acceptors (Lipinski definition) is 4. The minimum Gasteiger partial charge on any atom is -0.497 e. The molecule has 4 nitrogen and oxygen atoms in total. The third kappa shape index (κ3) is 2.50. The van der Waals surface area contributed by atoms with Crippen LogP contribution in [0.1, 0.15) is 44.8 Å². The lowest BCUT2D eigenvalue weighted by atomic mass is 9.55. The molecule has 0 radical (unpaired) electrons. The van der Waals surface area contributed by atoms with Gasteiger partial charge in [-0.05, 0) is 71.3 Å². The topological polar surface area (TPSA) is 38.2 Å². The van der Waals surface area contributed by atoms with Crippen molar-refractivity contribution in [2.24, 2.45) is 0 Å². The molecule has 8 rings (SSSR count). The Morgan fingerprint density at radius 3 is 1.95 bits per heavy atom. The van der Waals surface area contributed by atoms with Crippen LogP contribution in [-0.2, 0) is 17.4 Å². The fraction of sp³-hybridized carbons (Fsp3) is 0.200. The molecule has 4 aromatic carbocycles. The van der Waals surface area contributed by atoms with Gasteiger partial charge >= 0.3 is 0 Å². The minimum atomic E-state index is -0.542. The number of methoxy groups -OCH3 is 1. The largest absolute Gasteiger partial charge is 0.497 e. The van der Waals surface area contributed by atoms with Gasteiger partial charge < -0.3 is 9.64 Å². The first-order chi connectivity index (χ1) is 19.1. The summed E-state index contributed by atoms with van der Waals surface area (Å²) in [6.07, 6.45) is 0.980. The number of aryl methyl sites for hydroxylation is 2. The van der Waals surface area contributed by atoms with Gasteiger partial charge in [0, 0.05) is 12.1 Å². The van der Waals surface area contributed by atoms with Gasteiger partial charge in [-0.25, -0.2) is 0 Å². The van der Waals surface area contributed by atoms with E-state index in [1.54, 1.807) is 7.11 Å². The van der Waals surface area contributed by atoms with Crippen molar-refractivity contribution in [1.82, 2.24) is 10.2 Å². The molecule has 0 saturated carbocycles. The van der Waals surface area contributed by atoms with Gasteiger partial charge in [0.25, 0.3) is 0 Å². The van der Waals surface area contributed by atoms with Gasteiger partial charge in [0.05, 0.1) is 29.6 Å². The molecule has 0 amide bonds. The molecule has 1 aromatic heterocycles. The van der Waals surface area contributed by atoms with Crippen molar-refractivity contribution in [2.45, 2.75) is 31.2 Å². The first-order valence-corrected chi connectivity index (χ1v) is 13.7. The Kier molecular flexibility index (Phi) is 4.50. The number of rotatable bonds is 2. The molecule has 0 bridgehead atoms. The molecule has 5 aromatic rings. The number of ether oxygens (including phenoxy) is 1. The van der Waals surface area contributed by atoms with E-state index in [9.17, 15) is 0 Å². The number of nitrogens with zero attached hydrogens (tertiary/aromatic N) is 3. The Morgan fingerprint density at radius 2 is 1.28 bits per heavy atom. The molecule has 3 aliphatic rings. The van der Waals surface area contributed by atoms with E-state index in [1.165, 1.54) is 50.2 Å². The van der Waals surface area contributed by atoms with Crippen LogP contribution in [0.4, 0.5) is 5.69 Å². The molecule has 0 saturated heterocycles. The maximum atomic E-state index is 5.63. The van der Waals surface area contributed by atoms with Gasteiger partial charge in [0.2, 0.25) is 0 Å². The highest BCUT2D eigenvalue weighted by Gasteiger charge is 2.70. The van der Waals surface area contributed by atoms with Crippen molar-refractivity contribution in [3.8, 4) is 16.9 Å². The van der Waals surface area contributed by atoms with Crippen molar-refractivity contribution in [3.05, 3.63) is 142 Å². The van der Waals surface area contributed by atoms with Crippen LogP contribution in [0.3, 0.4) is 0 Å². The first kappa shape index (κ1) is 22.5. The summed E-state index contributed by atoms with van der Waals surface area (Å²) in [7, 11) is 1.73. The maximum absolute atomic E-state index is 5.63. The molecule has 4 heteroatoms. The molecule has 1 spiro atoms. The third-order valence-corrected chi connectivity index (χ3v) is 9.36. The highest BCUT2D eigenvalue weighted by molar-refractivity contribution is 5.92. The number of fused-ring (bicyclic) bond motifs is 12. The monoisotopic (exact) mass is 507 g/mol. The number of anilines is 1. The second kappa shape index (κ2) is 7.79. The summed E-state index contributed by atoms with van der Waals surface area (Å²) in [5, 5.41) is 9.49. The normalized spacial score (nSPS) is 19.2. The number of aromatic nitrogens is 2. The van der Waals surface area contributed by atoms with Crippen LogP contribution in [0.2, 0.25) is 0 Å². The van der Waals surface area contributed by atoms with Crippen molar-refractivity contribution < 1.29 is 4.74 Å². The predicted molar refractivity (Wildman–Crippen MR) is 155 cm³/mol. The zero-order valence-corrected chi connectivity index (χ0v) is 22.4. The minimum absolute atomic E-state index is 0.522. The summed E-state index contributed by atoms with van der Waals surface area (Å²) in [4.78, 5) is 2.67. The Morgan fingerprint density at radius 1 is 0.692 bits per heavy atom. The Bertz CT molecular complexity index is 1750. The van der Waals surface area contributed by atoms with Gasteiger partial charge in [-0.15, -0.1) is 0 Å². The van der Waals surface area contributed by atoms with Crippen molar-refractivity contribution in [3.63, 3.8) is 0 Å². The SMILES string of the molecule is COc1ccc(C23c4ccccc4CCN2c2c(C)nnc(C)c2C32c3ccccc3-c3ccccc32)cc1. The summed E-state index contributed by atoms with van der Waals surface area (Å²) in [5.41, 5.74) is 12.7. The van der Waals surface area contributed by atoms with E-state index in [0.717, 1.165) is 30.1 Å². The van der Waals surface area contributed by atoms with Crippen molar-refractivity contribution in [2.75, 3.05) is 18.6 Å². The molecule has 1 aliphatic carbocycles. The Balaban J connectivity index is 1.66. The Labute approximate surface area is 228 Å². The van der Waals surface area contributed by atoms with Crippen LogP contribution in [0.15, 0.2) is 97.1 Å². The van der Waals surface area contributed by atoms with Crippen LogP contribution in [0.5, 0.6) is 5.75 Å². The molecule has 39 heavy (non-hydrogen) atoms. The Hall–Kier alpha value is -4.44. The molecule has 190 valence electrons. The lowest BCUT2D eigenvalue weighted by molar-refractivity contribution is 0.357. The fourth-order valence-corrected chi connectivity index (χ4v) is 8.13. The highest BCUT2D eigenvalue weighted by Crippen LogP contribution is 2.71. The molecule has 1 atom stereocenters. The van der Waals surface area contributed by atoms with E-state index in [1.807, 2.05) is 0 Å². The molecule has 3 heterocycles. The van der Waals surface area contributed by atoms with E-state index < -0.39 is 11.0 Å². The summed E-state index contributed by atoms with van der Waals surface area (Å²) < 4.78 is 5.63. The van der Waals surface area contributed by atoms with Gasteiger partial charge in [-0.1, -0.05) is 84.9 Å². The van der Waals surface area contributed by atoms with Crippen LogP contribution in [0.25, 0.3) is 11.1 Å². The second-order valence-electron chi connectivity index (χ2n) is 10.9. The average molecular weight is 508 g/mol. The molecule has 0 N–H and O–H groups in total. The standard InChI is InChI=1S/C35H29N3O/c1-22-32-33(23(2)37-36-22)38-21-20-24-10-4-7-13-29(24)35(38,25-16-18-26(39-3)19-17-25)34(32)30-14-8-5-11-27(30)28-12-6-9-15-31(28)34/h4-19H,20-21H2,1-3H3. The molecule has 1 unspecified atom stereocenters. The van der Waals surface area contributed by atoms with Crippen molar-refractivity contribution in [1.29, 1.82) is 0 Å². The van der Waals surface area contributed by atoms with Gasteiger partial charge in [-0.2, -0.15) is 10.2 Å². The van der Waals surface area contributed by atoms with Crippen LogP contribution in [0, 0.1) is 13.8 Å². The van der Waals surface area contributed by atoms with Crippen LogP contribution < -0.4 is 9.64 Å². The fourth-order valence-electron chi connectivity index (χ4n) is 8.13. The second-order valence-corrected chi connectivity index (χ2v) is 10.9. The van der Waals surface area contributed by atoms with Gasteiger partial charge in [-0.3, -0.25) is 0 Å². The maximum Gasteiger partial charge on any atom is 0.118 e. The van der Waals surface area contributed by atoms with E-state index in [-0.39, 0.29) is 0 Å². The smallest absolute Gasteiger partial charge is 0.118 e. The first-order valence-electron chi connectivity index (χ1n) is 13.7. The summed E-state index contributed by atoms with van der Waals surface area (Å²) in [6, 6.07) is 35.8. The molecule has 0 fully saturated rings. The van der Waals surface area contributed by atoms with E-state index in [4.69, 9.17) is 14.9 Å². The van der Waals surface area contributed by atoms with E-state index in [2.05, 4.69) is 116 Å². The highest BCUT2D eigenvalue weighted by atomic mass is 16.5. The predicted octanol–water partition coefficient (Wildman–Crippen LogP) is 6.74. The number of benzene rings is 4. The molecule has 2 aliphatic heterocycles. The van der Waals surface area contributed by atoms with Crippen LogP contribution in [-0.4, -0.2) is 23.9 Å². The van der Waals surface area contributed by atoms with Crippen molar-refractivity contribution >= 4 is 5.69 Å². The quantitative estimate of drug-likeness (QED) is 0.265. The zero-order valence-electron chi connectivity index (χ0n) is 22.4. The third-order valence-electron chi connectivity index (χ3n) is 9.36. The average Bonchev–Trinajstić information content (AvgIpc) is 3.45. The molecular formula is C35H29N3O. The summed E-state index contributed by atoms with van der Waals surface area (Å²) >= 11 is 0.